The van der Waals surface area contributed by atoms with Gasteiger partial charge >= 0.3 is 0 Å². The van der Waals surface area contributed by atoms with Gasteiger partial charge in [0, 0.05) is 46.3 Å². The molecule has 1 aliphatic heterocycles. The van der Waals surface area contributed by atoms with Crippen LogP contribution in [0.3, 0.4) is 0 Å². The SMILES string of the molecule is CCN1CCN(C(=O)CSc2nc(Cl)cc(N(C)C)n2)CC1. The molecule has 2 rings (SSSR count). The van der Waals surface area contributed by atoms with Crippen molar-refractivity contribution in [2.75, 3.05) is 57.5 Å². The molecule has 0 aromatic carbocycles. The van der Waals surface area contributed by atoms with Crippen molar-refractivity contribution in [3.05, 3.63) is 11.2 Å². The molecule has 8 heteroatoms. The number of anilines is 1. The highest BCUT2D eigenvalue weighted by atomic mass is 35.5. The predicted octanol–water partition coefficient (Wildman–Crippen LogP) is 1.45. The second-order valence-electron chi connectivity index (χ2n) is 5.33. The fraction of sp³-hybridized carbons (Fsp3) is 0.643. The van der Waals surface area contributed by atoms with E-state index in [0.29, 0.717) is 16.1 Å². The van der Waals surface area contributed by atoms with Crippen LogP contribution >= 0.6 is 23.4 Å². The highest BCUT2D eigenvalue weighted by molar-refractivity contribution is 7.99. The third-order valence-corrected chi connectivity index (χ3v) is 4.64. The second-order valence-corrected chi connectivity index (χ2v) is 6.66. The number of amides is 1. The van der Waals surface area contributed by atoms with E-state index in [9.17, 15) is 4.79 Å². The minimum atomic E-state index is 0.135. The Balaban J connectivity index is 1.89. The van der Waals surface area contributed by atoms with Gasteiger partial charge in [0.15, 0.2) is 5.16 Å². The number of rotatable bonds is 5. The largest absolute Gasteiger partial charge is 0.363 e. The predicted molar refractivity (Wildman–Crippen MR) is 90.8 cm³/mol. The van der Waals surface area contributed by atoms with Gasteiger partial charge in [-0.2, -0.15) is 0 Å². The summed E-state index contributed by atoms with van der Waals surface area (Å²) in [5.74, 6) is 1.22. The number of likely N-dealkylation sites (N-methyl/N-ethyl adjacent to an activating group) is 1. The van der Waals surface area contributed by atoms with Gasteiger partial charge in [0.2, 0.25) is 5.91 Å². The maximum absolute atomic E-state index is 12.3. The molecule has 1 aromatic heterocycles. The zero-order valence-corrected chi connectivity index (χ0v) is 14.8. The minimum absolute atomic E-state index is 0.135. The van der Waals surface area contributed by atoms with E-state index in [2.05, 4.69) is 21.8 Å². The Kier molecular flexibility index (Phi) is 6.28. The summed E-state index contributed by atoms with van der Waals surface area (Å²) in [5, 5.41) is 0.932. The highest BCUT2D eigenvalue weighted by Gasteiger charge is 2.20. The normalized spacial score (nSPS) is 15.9. The number of hydrogen-bond acceptors (Lipinski definition) is 6. The summed E-state index contributed by atoms with van der Waals surface area (Å²) in [6, 6.07) is 1.71. The lowest BCUT2D eigenvalue weighted by atomic mass is 10.3. The third kappa shape index (κ3) is 4.72. The topological polar surface area (TPSA) is 52.6 Å². The summed E-state index contributed by atoms with van der Waals surface area (Å²) in [7, 11) is 3.79. The monoisotopic (exact) mass is 343 g/mol. The zero-order chi connectivity index (χ0) is 16.1. The molecule has 0 radical (unpaired) electrons. The van der Waals surface area contributed by atoms with Gasteiger partial charge in [-0.25, -0.2) is 9.97 Å². The summed E-state index contributed by atoms with van der Waals surface area (Å²) in [5.41, 5.74) is 0. The molecule has 1 aromatic rings. The molecule has 1 amide bonds. The zero-order valence-electron chi connectivity index (χ0n) is 13.3. The number of piperazine rings is 1. The molecule has 1 aliphatic rings. The summed E-state index contributed by atoms with van der Waals surface area (Å²) in [6.45, 7) is 6.68. The lowest BCUT2D eigenvalue weighted by molar-refractivity contribution is -0.130. The van der Waals surface area contributed by atoms with Crippen molar-refractivity contribution in [2.45, 2.75) is 12.1 Å². The Morgan fingerprint density at radius 3 is 2.59 bits per heavy atom. The van der Waals surface area contributed by atoms with Crippen molar-refractivity contribution in [3.63, 3.8) is 0 Å². The van der Waals surface area contributed by atoms with E-state index in [1.165, 1.54) is 11.8 Å². The van der Waals surface area contributed by atoms with Crippen molar-refractivity contribution < 1.29 is 4.79 Å². The second kappa shape index (κ2) is 7.99. The van der Waals surface area contributed by atoms with E-state index in [1.54, 1.807) is 6.07 Å². The number of carbonyl (C=O) groups excluding carboxylic acids is 1. The molecule has 122 valence electrons. The van der Waals surface area contributed by atoms with Crippen molar-refractivity contribution in [3.8, 4) is 0 Å². The smallest absolute Gasteiger partial charge is 0.233 e. The quantitative estimate of drug-likeness (QED) is 0.458. The van der Waals surface area contributed by atoms with Crippen LogP contribution < -0.4 is 4.90 Å². The van der Waals surface area contributed by atoms with Crippen molar-refractivity contribution in [1.29, 1.82) is 0 Å². The lowest BCUT2D eigenvalue weighted by Crippen LogP contribution is -2.49. The average Bonchev–Trinajstić information content (AvgIpc) is 2.52. The van der Waals surface area contributed by atoms with E-state index in [0.717, 1.165) is 38.5 Å². The first kappa shape index (κ1) is 17.3. The first-order chi connectivity index (χ1) is 10.5. The average molecular weight is 344 g/mol. The molecular weight excluding hydrogens is 322 g/mol. The van der Waals surface area contributed by atoms with Crippen LogP contribution in [0.5, 0.6) is 0 Å². The van der Waals surface area contributed by atoms with Gasteiger partial charge in [0.1, 0.15) is 11.0 Å². The van der Waals surface area contributed by atoms with Crippen LogP contribution in [0.25, 0.3) is 0 Å². The molecule has 1 saturated heterocycles. The van der Waals surface area contributed by atoms with E-state index >= 15 is 0 Å². The maximum Gasteiger partial charge on any atom is 0.233 e. The van der Waals surface area contributed by atoms with E-state index in [4.69, 9.17) is 11.6 Å². The molecule has 0 N–H and O–H groups in total. The van der Waals surface area contributed by atoms with Crippen LogP contribution in [0.1, 0.15) is 6.92 Å². The summed E-state index contributed by atoms with van der Waals surface area (Å²) >= 11 is 7.33. The Labute approximate surface area is 140 Å². The van der Waals surface area contributed by atoms with E-state index in [-0.39, 0.29) is 5.91 Å². The van der Waals surface area contributed by atoms with Crippen LogP contribution in [0.2, 0.25) is 5.15 Å². The highest BCUT2D eigenvalue weighted by Crippen LogP contribution is 2.21. The Bertz CT molecular complexity index is 520. The molecule has 22 heavy (non-hydrogen) atoms. The molecule has 2 heterocycles. The third-order valence-electron chi connectivity index (χ3n) is 3.62. The first-order valence-electron chi connectivity index (χ1n) is 7.34. The molecule has 0 unspecified atom stereocenters. The number of thioether (sulfide) groups is 1. The van der Waals surface area contributed by atoms with Gasteiger partial charge in [0.25, 0.3) is 0 Å². The van der Waals surface area contributed by atoms with Crippen LogP contribution in [0.4, 0.5) is 5.82 Å². The molecule has 1 fully saturated rings. The number of carbonyl (C=O) groups is 1. The molecule has 6 nitrogen and oxygen atoms in total. The van der Waals surface area contributed by atoms with Crippen LogP contribution in [-0.4, -0.2) is 78.2 Å². The standard InChI is InChI=1S/C14H22ClN5OS/c1-4-19-5-7-20(8-6-19)13(21)10-22-14-16-11(15)9-12(17-14)18(2)3/h9H,4-8,10H2,1-3H3. The minimum Gasteiger partial charge on any atom is -0.363 e. The van der Waals surface area contributed by atoms with Crippen LogP contribution in [0, 0.1) is 0 Å². The van der Waals surface area contributed by atoms with Gasteiger partial charge in [0.05, 0.1) is 5.75 Å². The molecule has 0 atom stereocenters. The fourth-order valence-electron chi connectivity index (χ4n) is 2.21. The molecule has 0 spiro atoms. The summed E-state index contributed by atoms with van der Waals surface area (Å²) in [6.07, 6.45) is 0. The fourth-order valence-corrected chi connectivity index (χ4v) is 3.19. The van der Waals surface area contributed by atoms with Gasteiger partial charge in [-0.3, -0.25) is 4.79 Å². The van der Waals surface area contributed by atoms with Gasteiger partial charge in [-0.1, -0.05) is 30.3 Å². The summed E-state index contributed by atoms with van der Waals surface area (Å²) < 4.78 is 0. The van der Waals surface area contributed by atoms with Gasteiger partial charge < -0.3 is 14.7 Å². The van der Waals surface area contributed by atoms with Crippen molar-refractivity contribution >= 4 is 35.1 Å². The Morgan fingerprint density at radius 2 is 2.00 bits per heavy atom. The van der Waals surface area contributed by atoms with Crippen LogP contribution in [0.15, 0.2) is 11.2 Å². The Morgan fingerprint density at radius 1 is 1.32 bits per heavy atom. The lowest BCUT2D eigenvalue weighted by Gasteiger charge is -2.34. The number of aromatic nitrogens is 2. The number of hydrogen-bond donors (Lipinski definition) is 0. The molecule has 0 aliphatic carbocycles. The van der Waals surface area contributed by atoms with Gasteiger partial charge in [-0.05, 0) is 6.54 Å². The molecular formula is C14H22ClN5OS. The van der Waals surface area contributed by atoms with E-state index < -0.39 is 0 Å². The first-order valence-corrected chi connectivity index (χ1v) is 8.70. The van der Waals surface area contributed by atoms with Crippen LogP contribution in [-0.2, 0) is 4.79 Å². The van der Waals surface area contributed by atoms with Crippen molar-refractivity contribution in [2.24, 2.45) is 0 Å². The Hall–Kier alpha value is -1.05. The van der Waals surface area contributed by atoms with Crippen molar-refractivity contribution in [1.82, 2.24) is 19.8 Å². The number of nitrogens with zero attached hydrogens (tertiary/aromatic N) is 5. The summed E-state index contributed by atoms with van der Waals surface area (Å²) in [4.78, 5) is 26.9. The van der Waals surface area contributed by atoms with E-state index in [1.807, 2.05) is 23.9 Å². The maximum atomic E-state index is 12.3. The number of halogens is 1. The molecule has 0 saturated carbocycles. The van der Waals surface area contributed by atoms with Gasteiger partial charge in [-0.15, -0.1) is 0 Å². The molecule has 0 bridgehead atoms.